The fourth-order valence-electron chi connectivity index (χ4n) is 3.63. The van der Waals surface area contributed by atoms with E-state index in [2.05, 4.69) is 12.2 Å². The van der Waals surface area contributed by atoms with Gasteiger partial charge in [0.25, 0.3) is 0 Å². The third-order valence-electron chi connectivity index (χ3n) is 4.71. The standard InChI is InChI=1S/C15H29NO3/c1-2-16-15(12-17)8-3-5-13(15)7-10-18-11-14-6-4-9-19-14/h13-14,16-17H,2-12H2,1H3. The van der Waals surface area contributed by atoms with Gasteiger partial charge in [0.1, 0.15) is 0 Å². The summed E-state index contributed by atoms with van der Waals surface area (Å²) in [5.41, 5.74) is -0.0536. The summed E-state index contributed by atoms with van der Waals surface area (Å²) in [6.45, 7) is 5.70. The highest BCUT2D eigenvalue weighted by molar-refractivity contribution is 4.98. The van der Waals surface area contributed by atoms with Gasteiger partial charge in [0.05, 0.1) is 19.3 Å². The third kappa shape index (κ3) is 3.91. The number of hydrogen-bond acceptors (Lipinski definition) is 4. The Morgan fingerprint density at radius 1 is 1.37 bits per heavy atom. The van der Waals surface area contributed by atoms with Gasteiger partial charge in [0.15, 0.2) is 0 Å². The fourth-order valence-corrected chi connectivity index (χ4v) is 3.63. The molecule has 2 aliphatic rings. The maximum absolute atomic E-state index is 9.72. The molecule has 0 amide bonds. The van der Waals surface area contributed by atoms with E-state index in [-0.39, 0.29) is 12.1 Å². The molecule has 0 spiro atoms. The largest absolute Gasteiger partial charge is 0.394 e. The molecule has 1 aliphatic heterocycles. The van der Waals surface area contributed by atoms with Crippen LogP contribution in [0.5, 0.6) is 0 Å². The number of likely N-dealkylation sites (N-methyl/N-ethyl adjacent to an activating group) is 1. The van der Waals surface area contributed by atoms with Crippen molar-refractivity contribution in [2.75, 3.05) is 33.0 Å². The van der Waals surface area contributed by atoms with E-state index in [1.165, 1.54) is 19.3 Å². The highest BCUT2D eigenvalue weighted by Crippen LogP contribution is 2.37. The molecule has 1 saturated heterocycles. The molecule has 2 fully saturated rings. The highest BCUT2D eigenvalue weighted by Gasteiger charge is 2.41. The van der Waals surface area contributed by atoms with Crippen molar-refractivity contribution in [3.8, 4) is 0 Å². The molecule has 1 saturated carbocycles. The van der Waals surface area contributed by atoms with Crippen molar-refractivity contribution in [3.05, 3.63) is 0 Å². The molecule has 3 unspecified atom stereocenters. The van der Waals surface area contributed by atoms with E-state index in [0.29, 0.717) is 12.0 Å². The number of rotatable bonds is 8. The Hall–Kier alpha value is -0.160. The summed E-state index contributed by atoms with van der Waals surface area (Å²) < 4.78 is 11.3. The second kappa shape index (κ2) is 7.58. The van der Waals surface area contributed by atoms with Crippen molar-refractivity contribution in [2.45, 2.75) is 57.1 Å². The SMILES string of the molecule is CCNC1(CO)CCCC1CCOCC1CCCO1. The summed E-state index contributed by atoms with van der Waals surface area (Å²) >= 11 is 0. The van der Waals surface area contributed by atoms with E-state index in [0.717, 1.165) is 45.6 Å². The summed E-state index contributed by atoms with van der Waals surface area (Å²) in [5.74, 6) is 0.543. The second-order valence-corrected chi connectivity index (χ2v) is 5.93. The molecule has 2 N–H and O–H groups in total. The van der Waals surface area contributed by atoms with E-state index >= 15 is 0 Å². The van der Waals surface area contributed by atoms with Crippen molar-refractivity contribution < 1.29 is 14.6 Å². The van der Waals surface area contributed by atoms with Crippen LogP contribution in [0.3, 0.4) is 0 Å². The molecule has 1 aliphatic carbocycles. The number of nitrogens with one attached hydrogen (secondary N) is 1. The Kier molecular flexibility index (Phi) is 6.07. The van der Waals surface area contributed by atoms with Gasteiger partial charge in [-0.05, 0) is 44.6 Å². The first kappa shape index (κ1) is 15.2. The Morgan fingerprint density at radius 2 is 2.26 bits per heavy atom. The second-order valence-electron chi connectivity index (χ2n) is 5.93. The molecule has 3 atom stereocenters. The first-order valence-electron chi connectivity index (χ1n) is 7.86. The topological polar surface area (TPSA) is 50.7 Å². The molecule has 19 heavy (non-hydrogen) atoms. The minimum absolute atomic E-state index is 0.0536. The van der Waals surface area contributed by atoms with Crippen LogP contribution in [0.1, 0.15) is 45.4 Å². The smallest absolute Gasteiger partial charge is 0.0809 e. The van der Waals surface area contributed by atoms with Gasteiger partial charge in [-0.3, -0.25) is 0 Å². The summed E-state index contributed by atoms with van der Waals surface area (Å²) in [7, 11) is 0. The maximum Gasteiger partial charge on any atom is 0.0809 e. The summed E-state index contributed by atoms with van der Waals surface area (Å²) in [4.78, 5) is 0. The lowest BCUT2D eigenvalue weighted by atomic mass is 9.85. The van der Waals surface area contributed by atoms with Crippen LogP contribution in [0.15, 0.2) is 0 Å². The zero-order valence-corrected chi connectivity index (χ0v) is 12.2. The Bertz CT molecular complexity index is 256. The van der Waals surface area contributed by atoms with Gasteiger partial charge < -0.3 is 19.9 Å². The van der Waals surface area contributed by atoms with Crippen molar-refractivity contribution in [1.82, 2.24) is 5.32 Å². The maximum atomic E-state index is 9.72. The molecule has 0 bridgehead atoms. The molecular formula is C15H29NO3. The number of ether oxygens (including phenoxy) is 2. The zero-order chi connectivity index (χ0) is 13.6. The van der Waals surface area contributed by atoms with Crippen molar-refractivity contribution in [3.63, 3.8) is 0 Å². The third-order valence-corrected chi connectivity index (χ3v) is 4.71. The van der Waals surface area contributed by atoms with Crippen LogP contribution in [0.25, 0.3) is 0 Å². The van der Waals surface area contributed by atoms with Crippen LogP contribution in [0, 0.1) is 5.92 Å². The number of hydrogen-bond donors (Lipinski definition) is 2. The van der Waals surface area contributed by atoms with Crippen molar-refractivity contribution >= 4 is 0 Å². The lowest BCUT2D eigenvalue weighted by molar-refractivity contribution is 0.00805. The van der Waals surface area contributed by atoms with Crippen LogP contribution < -0.4 is 5.32 Å². The van der Waals surface area contributed by atoms with E-state index in [4.69, 9.17) is 9.47 Å². The highest BCUT2D eigenvalue weighted by atomic mass is 16.5. The minimum Gasteiger partial charge on any atom is -0.394 e. The van der Waals surface area contributed by atoms with Crippen LogP contribution in [-0.2, 0) is 9.47 Å². The number of aliphatic hydroxyl groups excluding tert-OH is 1. The fraction of sp³-hybridized carbons (Fsp3) is 1.00. The number of aliphatic hydroxyl groups is 1. The van der Waals surface area contributed by atoms with Gasteiger partial charge in [-0.1, -0.05) is 13.3 Å². The Balaban J connectivity index is 1.68. The molecule has 0 radical (unpaired) electrons. The molecule has 0 aromatic rings. The van der Waals surface area contributed by atoms with E-state index in [9.17, 15) is 5.11 Å². The molecule has 0 aromatic carbocycles. The van der Waals surface area contributed by atoms with Crippen molar-refractivity contribution in [2.24, 2.45) is 5.92 Å². The molecule has 112 valence electrons. The van der Waals surface area contributed by atoms with Crippen molar-refractivity contribution in [1.29, 1.82) is 0 Å². The quantitative estimate of drug-likeness (QED) is 0.660. The van der Waals surface area contributed by atoms with Gasteiger partial charge in [-0.15, -0.1) is 0 Å². The average molecular weight is 271 g/mol. The molecule has 4 nitrogen and oxygen atoms in total. The summed E-state index contributed by atoms with van der Waals surface area (Å²) in [6.07, 6.45) is 7.18. The lowest BCUT2D eigenvalue weighted by Gasteiger charge is -2.35. The molecule has 2 rings (SSSR count). The first-order valence-corrected chi connectivity index (χ1v) is 7.86. The van der Waals surface area contributed by atoms with Crippen LogP contribution in [0.4, 0.5) is 0 Å². The Labute approximate surface area is 116 Å². The normalized spacial score (nSPS) is 35.1. The average Bonchev–Trinajstić information content (AvgIpc) is 3.05. The zero-order valence-electron chi connectivity index (χ0n) is 12.2. The molecule has 1 heterocycles. The molecule has 4 heteroatoms. The predicted octanol–water partition coefficient (Wildman–Crippen LogP) is 1.71. The van der Waals surface area contributed by atoms with Gasteiger partial charge >= 0.3 is 0 Å². The molecular weight excluding hydrogens is 242 g/mol. The van der Waals surface area contributed by atoms with Crippen LogP contribution >= 0.6 is 0 Å². The Morgan fingerprint density at radius 3 is 2.95 bits per heavy atom. The van der Waals surface area contributed by atoms with Gasteiger partial charge in [0, 0.05) is 18.8 Å². The molecule has 0 aromatic heterocycles. The van der Waals surface area contributed by atoms with Gasteiger partial charge in [0.2, 0.25) is 0 Å². The first-order chi connectivity index (χ1) is 9.30. The van der Waals surface area contributed by atoms with Gasteiger partial charge in [-0.25, -0.2) is 0 Å². The monoisotopic (exact) mass is 271 g/mol. The van der Waals surface area contributed by atoms with Gasteiger partial charge in [-0.2, -0.15) is 0 Å². The predicted molar refractivity (Wildman–Crippen MR) is 75.2 cm³/mol. The van der Waals surface area contributed by atoms with E-state index in [1.54, 1.807) is 0 Å². The summed E-state index contributed by atoms with van der Waals surface area (Å²) in [5, 5.41) is 13.2. The summed E-state index contributed by atoms with van der Waals surface area (Å²) in [6, 6.07) is 0. The lowest BCUT2D eigenvalue weighted by Crippen LogP contribution is -2.51. The van der Waals surface area contributed by atoms with Crippen LogP contribution in [-0.4, -0.2) is 49.7 Å². The van der Waals surface area contributed by atoms with E-state index in [1.807, 2.05) is 0 Å². The van der Waals surface area contributed by atoms with E-state index < -0.39 is 0 Å². The van der Waals surface area contributed by atoms with Crippen LogP contribution in [0.2, 0.25) is 0 Å². The minimum atomic E-state index is -0.0536.